The van der Waals surface area contributed by atoms with E-state index in [-0.39, 0.29) is 16.8 Å². The molecule has 1 amide bonds. The van der Waals surface area contributed by atoms with E-state index in [4.69, 9.17) is 22.7 Å². The molecule has 0 aliphatic carbocycles. The Morgan fingerprint density at radius 3 is 2.55 bits per heavy atom. The molecule has 1 aromatic rings. The Kier molecular flexibility index (Phi) is 7.01. The summed E-state index contributed by atoms with van der Waals surface area (Å²) in [6.45, 7) is 2.59. The van der Waals surface area contributed by atoms with E-state index in [0.29, 0.717) is 13.0 Å². The van der Waals surface area contributed by atoms with Crippen LogP contribution in [0.5, 0.6) is 5.75 Å². The minimum Gasteiger partial charge on any atom is -0.497 e. The van der Waals surface area contributed by atoms with Gasteiger partial charge in [0.05, 0.1) is 18.0 Å². The highest BCUT2D eigenvalue weighted by Gasteiger charge is 2.19. The first-order valence-corrected chi connectivity index (χ1v) is 7.19. The molecule has 1 atom stereocenters. The van der Waals surface area contributed by atoms with Crippen LogP contribution in [0.4, 0.5) is 0 Å². The van der Waals surface area contributed by atoms with E-state index in [1.165, 1.54) is 0 Å². The molecule has 0 spiro atoms. The molecule has 3 N–H and O–H groups in total. The lowest BCUT2D eigenvalue weighted by molar-refractivity contribution is -0.123. The van der Waals surface area contributed by atoms with E-state index >= 15 is 0 Å². The van der Waals surface area contributed by atoms with Crippen LogP contribution in [-0.4, -0.2) is 24.6 Å². The van der Waals surface area contributed by atoms with Crippen molar-refractivity contribution in [2.45, 2.75) is 26.2 Å². The second-order valence-corrected chi connectivity index (χ2v) is 5.10. The third-order valence-corrected chi connectivity index (χ3v) is 3.39. The van der Waals surface area contributed by atoms with Crippen LogP contribution in [-0.2, 0) is 11.2 Å². The van der Waals surface area contributed by atoms with Crippen LogP contribution in [0, 0.1) is 5.92 Å². The lowest BCUT2D eigenvalue weighted by Crippen LogP contribution is -2.38. The summed E-state index contributed by atoms with van der Waals surface area (Å²) in [5, 5.41) is 2.89. The molecule has 1 unspecified atom stereocenters. The maximum atomic E-state index is 12.0. The van der Waals surface area contributed by atoms with Crippen LogP contribution < -0.4 is 15.8 Å². The van der Waals surface area contributed by atoms with Crippen molar-refractivity contribution in [3.63, 3.8) is 0 Å². The van der Waals surface area contributed by atoms with Gasteiger partial charge < -0.3 is 15.8 Å². The number of rotatable bonds is 8. The van der Waals surface area contributed by atoms with Crippen molar-refractivity contribution < 1.29 is 9.53 Å². The molecule has 1 rings (SSSR count). The molecule has 0 aliphatic heterocycles. The van der Waals surface area contributed by atoms with Gasteiger partial charge in [-0.1, -0.05) is 37.7 Å². The van der Waals surface area contributed by atoms with E-state index in [1.54, 1.807) is 7.11 Å². The molecule has 1 aromatic carbocycles. The van der Waals surface area contributed by atoms with Crippen molar-refractivity contribution in [1.82, 2.24) is 5.32 Å². The van der Waals surface area contributed by atoms with Crippen molar-refractivity contribution in [3.05, 3.63) is 29.8 Å². The summed E-state index contributed by atoms with van der Waals surface area (Å²) in [6.07, 6.45) is 2.35. The fourth-order valence-electron chi connectivity index (χ4n) is 1.94. The van der Waals surface area contributed by atoms with Gasteiger partial charge in [-0.3, -0.25) is 4.79 Å². The molecule has 0 saturated carbocycles. The third kappa shape index (κ3) is 5.17. The topological polar surface area (TPSA) is 64.3 Å². The van der Waals surface area contributed by atoms with Gasteiger partial charge in [-0.2, -0.15) is 0 Å². The standard InChI is InChI=1S/C15H22N2O2S/c1-3-4-13(14(16)20)15(18)17-10-9-11-5-7-12(19-2)8-6-11/h5-8,13H,3-4,9-10H2,1-2H3,(H2,16,20)(H,17,18). The number of hydrogen-bond donors (Lipinski definition) is 2. The van der Waals surface area contributed by atoms with Gasteiger partial charge >= 0.3 is 0 Å². The van der Waals surface area contributed by atoms with Crippen LogP contribution in [0.3, 0.4) is 0 Å². The Labute approximate surface area is 125 Å². The van der Waals surface area contributed by atoms with E-state index in [1.807, 2.05) is 31.2 Å². The fourth-order valence-corrected chi connectivity index (χ4v) is 2.16. The maximum absolute atomic E-state index is 12.0. The van der Waals surface area contributed by atoms with Gasteiger partial charge in [0.15, 0.2) is 0 Å². The molecule has 0 saturated heterocycles. The number of nitrogens with two attached hydrogens (primary N) is 1. The first-order valence-electron chi connectivity index (χ1n) is 6.78. The number of benzene rings is 1. The first kappa shape index (κ1) is 16.4. The van der Waals surface area contributed by atoms with Crippen LogP contribution in [0.2, 0.25) is 0 Å². The highest BCUT2D eigenvalue weighted by Crippen LogP contribution is 2.11. The van der Waals surface area contributed by atoms with Crippen molar-refractivity contribution in [1.29, 1.82) is 0 Å². The van der Waals surface area contributed by atoms with E-state index in [9.17, 15) is 4.79 Å². The van der Waals surface area contributed by atoms with Crippen LogP contribution >= 0.6 is 12.2 Å². The predicted octanol–water partition coefficient (Wildman–Crippen LogP) is 2.06. The highest BCUT2D eigenvalue weighted by molar-refractivity contribution is 7.80. The van der Waals surface area contributed by atoms with Gasteiger partial charge in [-0.25, -0.2) is 0 Å². The molecular formula is C15H22N2O2S. The number of thiocarbonyl (C=S) groups is 1. The Balaban J connectivity index is 2.42. The summed E-state index contributed by atoms with van der Waals surface area (Å²) < 4.78 is 5.10. The number of carbonyl (C=O) groups excluding carboxylic acids is 1. The Hall–Kier alpha value is -1.62. The second kappa shape index (κ2) is 8.53. The van der Waals surface area contributed by atoms with Gasteiger partial charge in [0, 0.05) is 6.54 Å². The van der Waals surface area contributed by atoms with Gasteiger partial charge in [0.1, 0.15) is 5.75 Å². The third-order valence-electron chi connectivity index (χ3n) is 3.11. The second-order valence-electron chi connectivity index (χ2n) is 4.63. The largest absolute Gasteiger partial charge is 0.497 e. The van der Waals surface area contributed by atoms with Gasteiger partial charge in [0.2, 0.25) is 5.91 Å². The van der Waals surface area contributed by atoms with Crippen molar-refractivity contribution in [2.75, 3.05) is 13.7 Å². The lowest BCUT2D eigenvalue weighted by Gasteiger charge is -2.14. The zero-order chi connectivity index (χ0) is 15.0. The number of ether oxygens (including phenoxy) is 1. The number of amides is 1. The summed E-state index contributed by atoms with van der Waals surface area (Å²) in [4.78, 5) is 12.2. The summed E-state index contributed by atoms with van der Waals surface area (Å²) in [5.41, 5.74) is 6.74. The molecule has 5 heteroatoms. The monoisotopic (exact) mass is 294 g/mol. The Bertz CT molecular complexity index is 446. The molecule has 20 heavy (non-hydrogen) atoms. The molecule has 0 heterocycles. The van der Waals surface area contributed by atoms with Crippen LogP contribution in [0.1, 0.15) is 25.3 Å². The molecule has 0 radical (unpaired) electrons. The van der Waals surface area contributed by atoms with Crippen molar-refractivity contribution in [3.8, 4) is 5.75 Å². The Morgan fingerprint density at radius 1 is 1.40 bits per heavy atom. The van der Waals surface area contributed by atoms with Gasteiger partial charge in [-0.05, 0) is 30.5 Å². The minimum atomic E-state index is -0.356. The van der Waals surface area contributed by atoms with Gasteiger partial charge in [0.25, 0.3) is 0 Å². The molecule has 0 bridgehead atoms. The van der Waals surface area contributed by atoms with Gasteiger partial charge in [-0.15, -0.1) is 0 Å². The van der Waals surface area contributed by atoms with Crippen molar-refractivity contribution >= 4 is 23.1 Å². The zero-order valence-corrected chi connectivity index (χ0v) is 12.8. The molecule has 0 aromatic heterocycles. The van der Waals surface area contributed by atoms with Crippen molar-refractivity contribution in [2.24, 2.45) is 11.7 Å². The molecule has 110 valence electrons. The SMILES string of the molecule is CCCC(C(=O)NCCc1ccc(OC)cc1)C(N)=S. The van der Waals surface area contributed by atoms with E-state index in [0.717, 1.165) is 24.2 Å². The quantitative estimate of drug-likeness (QED) is 0.720. The van der Waals surface area contributed by atoms with Crippen LogP contribution in [0.15, 0.2) is 24.3 Å². The molecule has 0 fully saturated rings. The smallest absolute Gasteiger partial charge is 0.229 e. The molecule has 4 nitrogen and oxygen atoms in total. The molecular weight excluding hydrogens is 272 g/mol. The first-order chi connectivity index (χ1) is 9.58. The average molecular weight is 294 g/mol. The maximum Gasteiger partial charge on any atom is 0.229 e. The summed E-state index contributed by atoms with van der Waals surface area (Å²) in [7, 11) is 1.64. The minimum absolute atomic E-state index is 0.0761. The predicted molar refractivity (Wildman–Crippen MR) is 84.9 cm³/mol. The lowest BCUT2D eigenvalue weighted by atomic mass is 10.0. The van der Waals surface area contributed by atoms with E-state index < -0.39 is 0 Å². The summed E-state index contributed by atoms with van der Waals surface area (Å²) >= 11 is 4.93. The average Bonchev–Trinajstić information content (AvgIpc) is 2.45. The number of carbonyl (C=O) groups is 1. The van der Waals surface area contributed by atoms with E-state index in [2.05, 4.69) is 5.32 Å². The number of hydrogen-bond acceptors (Lipinski definition) is 3. The fraction of sp³-hybridized carbons (Fsp3) is 0.467. The number of nitrogens with one attached hydrogen (secondary N) is 1. The number of methoxy groups -OCH3 is 1. The highest BCUT2D eigenvalue weighted by atomic mass is 32.1. The van der Waals surface area contributed by atoms with Crippen LogP contribution in [0.25, 0.3) is 0 Å². The zero-order valence-electron chi connectivity index (χ0n) is 12.0. The normalized spacial score (nSPS) is 11.7. The molecule has 0 aliphatic rings. The summed E-state index contributed by atoms with van der Waals surface area (Å²) in [5.74, 6) is 0.396. The Morgan fingerprint density at radius 2 is 2.05 bits per heavy atom. The summed E-state index contributed by atoms with van der Waals surface area (Å²) in [6, 6.07) is 7.79.